The van der Waals surface area contributed by atoms with Crippen LogP contribution in [0.1, 0.15) is 35.6 Å². The van der Waals surface area contributed by atoms with Crippen molar-refractivity contribution in [1.82, 2.24) is 0 Å². The summed E-state index contributed by atoms with van der Waals surface area (Å²) >= 11 is 0. The predicted molar refractivity (Wildman–Crippen MR) is 75.1 cm³/mol. The van der Waals surface area contributed by atoms with Crippen LogP contribution in [0, 0.1) is 5.82 Å². The number of ether oxygens (including phenoxy) is 1. The number of benzene rings is 2. The Morgan fingerprint density at radius 3 is 2.95 bits per heavy atom. The number of fused-ring (bicyclic) bond motifs is 1. The van der Waals surface area contributed by atoms with Gasteiger partial charge in [0.1, 0.15) is 18.2 Å². The van der Waals surface area contributed by atoms with Gasteiger partial charge in [-0.2, -0.15) is 0 Å². The summed E-state index contributed by atoms with van der Waals surface area (Å²) in [6, 6.07) is 12.2. The van der Waals surface area contributed by atoms with Gasteiger partial charge in [0.05, 0.1) is 6.10 Å². The minimum Gasteiger partial charge on any atom is -0.489 e. The van der Waals surface area contributed by atoms with Crippen molar-refractivity contribution >= 4 is 0 Å². The van der Waals surface area contributed by atoms with E-state index in [1.807, 2.05) is 24.3 Å². The molecule has 1 aliphatic carbocycles. The second-order valence-electron chi connectivity index (χ2n) is 5.19. The van der Waals surface area contributed by atoms with Crippen LogP contribution in [0.15, 0.2) is 42.5 Å². The number of rotatable bonds is 3. The summed E-state index contributed by atoms with van der Waals surface area (Å²) in [6.07, 6.45) is 2.46. The lowest BCUT2D eigenvalue weighted by atomic mass is 9.89. The van der Waals surface area contributed by atoms with Crippen molar-refractivity contribution in [2.24, 2.45) is 0 Å². The number of aliphatic hydroxyl groups is 1. The standard InChI is InChI=1S/C17H17FO2/c18-14-5-1-3-12(9-14)11-20-15-7-8-16-13(10-15)4-2-6-17(16)19/h1,3,5,7-10,17,19H,2,4,6,11H2. The monoisotopic (exact) mass is 272 g/mol. The predicted octanol–water partition coefficient (Wildman–Crippen LogP) is 3.77. The van der Waals surface area contributed by atoms with Gasteiger partial charge >= 0.3 is 0 Å². The minimum atomic E-state index is -0.351. The van der Waals surface area contributed by atoms with E-state index in [-0.39, 0.29) is 11.9 Å². The van der Waals surface area contributed by atoms with Crippen LogP contribution < -0.4 is 4.74 Å². The number of halogens is 1. The maximum absolute atomic E-state index is 13.1. The zero-order valence-electron chi connectivity index (χ0n) is 11.2. The fraction of sp³-hybridized carbons (Fsp3) is 0.294. The van der Waals surface area contributed by atoms with Gasteiger partial charge in [0.2, 0.25) is 0 Å². The molecule has 2 nitrogen and oxygen atoms in total. The van der Waals surface area contributed by atoms with Crippen molar-refractivity contribution in [3.8, 4) is 5.75 Å². The van der Waals surface area contributed by atoms with E-state index in [0.717, 1.165) is 41.7 Å². The lowest BCUT2D eigenvalue weighted by Gasteiger charge is -2.21. The Balaban J connectivity index is 1.72. The molecule has 2 aromatic carbocycles. The van der Waals surface area contributed by atoms with E-state index in [0.29, 0.717) is 6.61 Å². The van der Waals surface area contributed by atoms with Crippen LogP contribution in [0.3, 0.4) is 0 Å². The zero-order chi connectivity index (χ0) is 13.9. The van der Waals surface area contributed by atoms with Crippen LogP contribution in [0.4, 0.5) is 4.39 Å². The molecule has 0 spiro atoms. The van der Waals surface area contributed by atoms with Crippen molar-refractivity contribution < 1.29 is 14.2 Å². The quantitative estimate of drug-likeness (QED) is 0.921. The summed E-state index contributed by atoms with van der Waals surface area (Å²) in [6.45, 7) is 0.346. The van der Waals surface area contributed by atoms with Crippen LogP contribution in [0.2, 0.25) is 0 Å². The van der Waals surface area contributed by atoms with Crippen molar-refractivity contribution in [2.45, 2.75) is 32.0 Å². The smallest absolute Gasteiger partial charge is 0.123 e. The van der Waals surface area contributed by atoms with E-state index >= 15 is 0 Å². The van der Waals surface area contributed by atoms with Gasteiger partial charge in [-0.25, -0.2) is 4.39 Å². The van der Waals surface area contributed by atoms with Crippen LogP contribution in [-0.2, 0) is 13.0 Å². The summed E-state index contributed by atoms with van der Waals surface area (Å²) in [5.41, 5.74) is 2.97. The SMILES string of the molecule is OC1CCCc2cc(OCc3cccc(F)c3)ccc21. The molecule has 0 aromatic heterocycles. The Labute approximate surface area is 117 Å². The molecule has 0 saturated carbocycles. The van der Waals surface area contributed by atoms with Gasteiger partial charge in [0, 0.05) is 0 Å². The third-order valence-electron chi connectivity index (χ3n) is 3.69. The molecule has 1 N–H and O–H groups in total. The number of hydrogen-bond acceptors (Lipinski definition) is 2. The molecule has 0 fully saturated rings. The largest absolute Gasteiger partial charge is 0.489 e. The molecule has 0 heterocycles. The molecule has 104 valence electrons. The Morgan fingerprint density at radius 1 is 1.20 bits per heavy atom. The van der Waals surface area contributed by atoms with E-state index in [1.54, 1.807) is 6.07 Å². The topological polar surface area (TPSA) is 29.5 Å². The van der Waals surface area contributed by atoms with Crippen LogP contribution in [-0.4, -0.2) is 5.11 Å². The van der Waals surface area contributed by atoms with E-state index in [2.05, 4.69) is 0 Å². The zero-order valence-corrected chi connectivity index (χ0v) is 11.2. The molecule has 3 heteroatoms. The van der Waals surface area contributed by atoms with Gasteiger partial charge in [0.15, 0.2) is 0 Å². The lowest BCUT2D eigenvalue weighted by Crippen LogP contribution is -2.09. The van der Waals surface area contributed by atoms with E-state index in [1.165, 1.54) is 12.1 Å². The average Bonchev–Trinajstić information content (AvgIpc) is 2.45. The van der Waals surface area contributed by atoms with Gasteiger partial charge in [0.25, 0.3) is 0 Å². The molecular formula is C17H17FO2. The third kappa shape index (κ3) is 2.83. The van der Waals surface area contributed by atoms with Gasteiger partial charge < -0.3 is 9.84 Å². The first-order valence-electron chi connectivity index (χ1n) is 6.90. The van der Waals surface area contributed by atoms with Crippen LogP contribution in [0.25, 0.3) is 0 Å². The molecule has 20 heavy (non-hydrogen) atoms. The van der Waals surface area contributed by atoms with Crippen molar-refractivity contribution in [2.75, 3.05) is 0 Å². The van der Waals surface area contributed by atoms with Gasteiger partial charge in [-0.15, -0.1) is 0 Å². The Kier molecular flexibility index (Phi) is 3.70. The summed E-state index contributed by atoms with van der Waals surface area (Å²) in [5, 5.41) is 9.91. The highest BCUT2D eigenvalue weighted by Crippen LogP contribution is 2.32. The summed E-state index contributed by atoms with van der Waals surface area (Å²) in [7, 11) is 0. The summed E-state index contributed by atoms with van der Waals surface area (Å²) in [5.74, 6) is 0.516. The van der Waals surface area contributed by atoms with E-state index in [4.69, 9.17) is 4.74 Å². The first-order chi connectivity index (χ1) is 9.72. The average molecular weight is 272 g/mol. The first-order valence-corrected chi connectivity index (χ1v) is 6.90. The van der Waals surface area contributed by atoms with Crippen LogP contribution in [0.5, 0.6) is 5.75 Å². The number of aryl methyl sites for hydroxylation is 1. The normalized spacial score (nSPS) is 17.6. The van der Waals surface area contributed by atoms with Gasteiger partial charge in [-0.1, -0.05) is 18.2 Å². The highest BCUT2D eigenvalue weighted by molar-refractivity contribution is 5.38. The Morgan fingerprint density at radius 2 is 2.10 bits per heavy atom. The molecule has 3 rings (SSSR count). The maximum Gasteiger partial charge on any atom is 0.123 e. The summed E-state index contributed by atoms with van der Waals surface area (Å²) in [4.78, 5) is 0. The fourth-order valence-electron chi connectivity index (χ4n) is 2.65. The molecule has 1 aliphatic rings. The highest BCUT2D eigenvalue weighted by Gasteiger charge is 2.18. The number of hydrogen-bond donors (Lipinski definition) is 1. The molecule has 0 radical (unpaired) electrons. The maximum atomic E-state index is 13.1. The third-order valence-corrected chi connectivity index (χ3v) is 3.69. The van der Waals surface area contributed by atoms with Crippen molar-refractivity contribution in [1.29, 1.82) is 0 Å². The molecule has 0 aliphatic heterocycles. The Bertz CT molecular complexity index is 610. The fourth-order valence-corrected chi connectivity index (χ4v) is 2.65. The van der Waals surface area contributed by atoms with E-state index in [9.17, 15) is 9.50 Å². The van der Waals surface area contributed by atoms with Gasteiger partial charge in [-0.3, -0.25) is 0 Å². The molecule has 0 amide bonds. The molecule has 2 aromatic rings. The van der Waals surface area contributed by atoms with Crippen molar-refractivity contribution in [3.63, 3.8) is 0 Å². The van der Waals surface area contributed by atoms with E-state index < -0.39 is 0 Å². The molecule has 0 bridgehead atoms. The van der Waals surface area contributed by atoms with Crippen molar-refractivity contribution in [3.05, 3.63) is 65.0 Å². The van der Waals surface area contributed by atoms with Gasteiger partial charge in [-0.05, 0) is 60.2 Å². The summed E-state index contributed by atoms with van der Waals surface area (Å²) < 4.78 is 18.8. The first kappa shape index (κ1) is 13.1. The minimum absolute atomic E-state index is 0.250. The molecule has 1 atom stereocenters. The lowest BCUT2D eigenvalue weighted by molar-refractivity contribution is 0.156. The second kappa shape index (κ2) is 5.63. The second-order valence-corrected chi connectivity index (χ2v) is 5.19. The molecular weight excluding hydrogens is 255 g/mol. The Hall–Kier alpha value is -1.87. The van der Waals surface area contributed by atoms with Crippen LogP contribution >= 0.6 is 0 Å². The molecule has 0 saturated heterocycles. The highest BCUT2D eigenvalue weighted by atomic mass is 19.1. The number of aliphatic hydroxyl groups excluding tert-OH is 1. The molecule has 1 unspecified atom stereocenters.